The minimum Gasteiger partial charge on any atom is -0.424 e. The number of unbranched alkanes of at least 4 members (excludes halogenated alkanes) is 2. The molecule has 3 N–H and O–H groups in total. The van der Waals surface area contributed by atoms with E-state index in [2.05, 4.69) is 45.0 Å². The molecule has 0 saturated heterocycles. The first kappa shape index (κ1) is 19.9. The first-order valence-corrected chi connectivity index (χ1v) is 11.4. The molecule has 3 heteroatoms. The minimum absolute atomic E-state index is 0.168. The molecule has 136 valence electrons. The Morgan fingerprint density at radius 3 is 1.80 bits per heavy atom. The first-order chi connectivity index (χ1) is 11.9. The number of hydrogen-bond acceptors (Lipinski definition) is 2. The molecule has 2 rings (SSSR count). The predicted molar refractivity (Wildman–Crippen MR) is 111 cm³/mol. The van der Waals surface area contributed by atoms with Gasteiger partial charge in [-0.25, -0.2) is 0 Å². The van der Waals surface area contributed by atoms with Crippen LogP contribution in [0.4, 0.5) is 0 Å². The molecule has 0 aliphatic heterocycles. The van der Waals surface area contributed by atoms with Crippen LogP contribution >= 0.6 is 0 Å². The highest BCUT2D eigenvalue weighted by Crippen LogP contribution is 2.44. The van der Waals surface area contributed by atoms with Gasteiger partial charge >= 0.3 is 0 Å². The van der Waals surface area contributed by atoms with Crippen LogP contribution in [0.25, 0.3) is 0 Å². The summed E-state index contributed by atoms with van der Waals surface area (Å²) >= 11 is 0. The summed E-state index contributed by atoms with van der Waals surface area (Å²) in [6.45, 7) is 7.58. The van der Waals surface area contributed by atoms with Gasteiger partial charge in [0.2, 0.25) is 0 Å². The van der Waals surface area contributed by atoms with Gasteiger partial charge in [0, 0.05) is 0 Å². The third kappa shape index (κ3) is 4.22. The largest absolute Gasteiger partial charge is 0.424 e. The van der Waals surface area contributed by atoms with Gasteiger partial charge in [-0.2, -0.15) is 0 Å². The van der Waals surface area contributed by atoms with E-state index in [1.54, 1.807) is 0 Å². The maximum atomic E-state index is 12.2. The number of rotatable bonds is 9. The minimum atomic E-state index is -2.89. The molecule has 25 heavy (non-hydrogen) atoms. The van der Waals surface area contributed by atoms with Crippen LogP contribution in [0.1, 0.15) is 46.5 Å². The molecule has 0 aliphatic rings. The second-order valence-electron chi connectivity index (χ2n) is 7.70. The average molecular weight is 356 g/mol. The molecular formula is C22H33NOSi. The number of hydrogen-bond donors (Lipinski definition) is 2. The van der Waals surface area contributed by atoms with Crippen molar-refractivity contribution < 1.29 is 4.80 Å². The van der Waals surface area contributed by atoms with Crippen molar-refractivity contribution in [2.75, 3.05) is 6.54 Å². The molecule has 0 amide bonds. The van der Waals surface area contributed by atoms with Gasteiger partial charge in [0.05, 0.1) is 0 Å². The lowest BCUT2D eigenvalue weighted by atomic mass is 9.91. The number of nitrogens with two attached hydrogens (primary N) is 1. The summed E-state index contributed by atoms with van der Waals surface area (Å²) in [7, 11) is -2.89. The second-order valence-corrected chi connectivity index (χ2v) is 11.6. The van der Waals surface area contributed by atoms with Crippen molar-refractivity contribution in [3.05, 3.63) is 60.7 Å². The van der Waals surface area contributed by atoms with Crippen LogP contribution in [0.5, 0.6) is 0 Å². The number of benzene rings is 2. The highest BCUT2D eigenvalue weighted by molar-refractivity contribution is 6.98. The normalized spacial score (nSPS) is 13.6. The Morgan fingerprint density at radius 1 is 0.880 bits per heavy atom. The van der Waals surface area contributed by atoms with E-state index in [0.29, 0.717) is 5.92 Å². The fraction of sp³-hybridized carbons (Fsp3) is 0.455. The van der Waals surface area contributed by atoms with Crippen molar-refractivity contribution in [2.45, 2.75) is 51.5 Å². The summed E-state index contributed by atoms with van der Waals surface area (Å²) < 4.78 is 0. The predicted octanol–water partition coefficient (Wildman–Crippen LogP) is 3.67. The van der Waals surface area contributed by atoms with Crippen LogP contribution in [0.3, 0.4) is 0 Å². The van der Waals surface area contributed by atoms with Crippen molar-refractivity contribution in [1.29, 1.82) is 0 Å². The van der Waals surface area contributed by atoms with E-state index in [0.717, 1.165) is 29.8 Å². The van der Waals surface area contributed by atoms with Crippen LogP contribution < -0.4 is 16.1 Å². The maximum absolute atomic E-state index is 12.2. The van der Waals surface area contributed by atoms with Crippen molar-refractivity contribution >= 4 is 18.7 Å². The molecule has 0 unspecified atom stereocenters. The van der Waals surface area contributed by atoms with E-state index in [4.69, 9.17) is 5.73 Å². The highest BCUT2D eigenvalue weighted by Gasteiger charge is 2.52. The van der Waals surface area contributed by atoms with Gasteiger partial charge in [0.1, 0.15) is 0 Å². The lowest BCUT2D eigenvalue weighted by Crippen LogP contribution is -2.66. The summed E-state index contributed by atoms with van der Waals surface area (Å²) in [5.41, 5.74) is 5.62. The lowest BCUT2D eigenvalue weighted by molar-refractivity contribution is 0.347. The third-order valence-electron chi connectivity index (χ3n) is 5.89. The molecule has 2 aromatic carbocycles. The molecular weight excluding hydrogens is 322 g/mol. The van der Waals surface area contributed by atoms with Gasteiger partial charge in [-0.15, -0.1) is 0 Å². The molecule has 0 spiro atoms. The summed E-state index contributed by atoms with van der Waals surface area (Å²) in [4.78, 5) is 12.2. The Hall–Kier alpha value is -1.42. The summed E-state index contributed by atoms with van der Waals surface area (Å²) in [6.07, 6.45) is 4.57. The van der Waals surface area contributed by atoms with Crippen LogP contribution in [0, 0.1) is 5.92 Å². The maximum Gasteiger partial charge on any atom is 0.258 e. The Bertz CT molecular complexity index is 587. The summed E-state index contributed by atoms with van der Waals surface area (Å²) in [5.74, 6) is 0.433. The van der Waals surface area contributed by atoms with Gasteiger partial charge in [-0.05, 0) is 34.3 Å². The Balaban J connectivity index is 2.38. The molecule has 0 radical (unpaired) electrons. The van der Waals surface area contributed by atoms with Gasteiger partial charge in [-0.1, -0.05) is 101 Å². The van der Waals surface area contributed by atoms with Gasteiger partial charge in [-0.3, -0.25) is 0 Å². The van der Waals surface area contributed by atoms with Crippen molar-refractivity contribution in [1.82, 2.24) is 0 Å². The van der Waals surface area contributed by atoms with E-state index < -0.39 is 8.32 Å². The SMILES string of the molecule is C[C@H](CCCCCN)C(C)(C)[Si](O)(c1ccccc1)c1ccccc1. The van der Waals surface area contributed by atoms with Crippen molar-refractivity contribution in [3.8, 4) is 0 Å². The van der Waals surface area contributed by atoms with Gasteiger partial charge < -0.3 is 10.5 Å². The zero-order chi connectivity index (χ0) is 18.3. The van der Waals surface area contributed by atoms with Crippen molar-refractivity contribution in [3.63, 3.8) is 0 Å². The van der Waals surface area contributed by atoms with Gasteiger partial charge in [0.15, 0.2) is 0 Å². The molecule has 0 aromatic heterocycles. The molecule has 0 saturated carbocycles. The topological polar surface area (TPSA) is 46.2 Å². The van der Waals surface area contributed by atoms with E-state index in [-0.39, 0.29) is 5.04 Å². The quantitative estimate of drug-likeness (QED) is 0.532. The highest BCUT2D eigenvalue weighted by atomic mass is 28.4. The standard InChI is InChI=1S/C22H33NOSi/c1-19(13-7-6-12-18-23)22(2,3)25(24,20-14-8-4-9-15-20)21-16-10-5-11-17-21/h4-5,8-11,14-17,19,24H,6-7,12-13,18,23H2,1-3H3/t19-/m1/s1. The molecule has 0 bridgehead atoms. The van der Waals surface area contributed by atoms with Crippen LogP contribution in [0.15, 0.2) is 60.7 Å². The van der Waals surface area contributed by atoms with Crippen LogP contribution in [-0.2, 0) is 0 Å². The van der Waals surface area contributed by atoms with E-state index in [9.17, 15) is 4.80 Å². The lowest BCUT2D eigenvalue weighted by Gasteiger charge is -2.45. The van der Waals surface area contributed by atoms with Crippen molar-refractivity contribution in [2.24, 2.45) is 11.7 Å². The average Bonchev–Trinajstić information content (AvgIpc) is 2.65. The second kappa shape index (κ2) is 8.79. The van der Waals surface area contributed by atoms with E-state index in [1.165, 1.54) is 12.8 Å². The summed E-state index contributed by atoms with van der Waals surface area (Å²) in [6, 6.07) is 20.6. The van der Waals surface area contributed by atoms with E-state index >= 15 is 0 Å². The van der Waals surface area contributed by atoms with Crippen LogP contribution in [-0.4, -0.2) is 19.7 Å². The van der Waals surface area contributed by atoms with Crippen LogP contribution in [0.2, 0.25) is 5.04 Å². The first-order valence-electron chi connectivity index (χ1n) is 9.48. The van der Waals surface area contributed by atoms with Gasteiger partial charge in [0.25, 0.3) is 8.32 Å². The third-order valence-corrected chi connectivity index (χ3v) is 10.6. The molecule has 0 aliphatic carbocycles. The fourth-order valence-electron chi connectivity index (χ4n) is 3.76. The Labute approximate surface area is 154 Å². The summed E-state index contributed by atoms with van der Waals surface area (Å²) in [5, 5.41) is 2.03. The zero-order valence-electron chi connectivity index (χ0n) is 15.9. The smallest absolute Gasteiger partial charge is 0.258 e. The molecule has 0 heterocycles. The fourth-order valence-corrected chi connectivity index (χ4v) is 7.79. The Morgan fingerprint density at radius 2 is 1.36 bits per heavy atom. The monoisotopic (exact) mass is 355 g/mol. The molecule has 1 atom stereocenters. The van der Waals surface area contributed by atoms with E-state index in [1.807, 2.05) is 36.4 Å². The Kier molecular flexibility index (Phi) is 7.00. The molecule has 2 aromatic rings. The molecule has 2 nitrogen and oxygen atoms in total. The molecule has 0 fully saturated rings. The zero-order valence-corrected chi connectivity index (χ0v) is 16.9.